The first-order chi connectivity index (χ1) is 14.0. The zero-order valence-electron chi connectivity index (χ0n) is 18.1. The molecule has 1 fully saturated rings. The molecule has 1 saturated heterocycles. The molecule has 0 saturated carbocycles. The zero-order chi connectivity index (χ0) is 21.2. The first-order valence-corrected chi connectivity index (χ1v) is 10.0. The summed E-state index contributed by atoms with van der Waals surface area (Å²) in [6, 6.07) is 3.34. The quantitative estimate of drug-likeness (QED) is 0.446. The molecule has 0 aliphatic carbocycles. The van der Waals surface area contributed by atoms with E-state index in [1.165, 1.54) is 0 Å². The van der Waals surface area contributed by atoms with E-state index in [-0.39, 0.29) is 24.2 Å². The van der Waals surface area contributed by atoms with Gasteiger partial charge in [0, 0.05) is 31.3 Å². The molecule has 170 valence electrons. The third-order valence-electron chi connectivity index (χ3n) is 4.86. The summed E-state index contributed by atoms with van der Waals surface area (Å²) in [6.07, 6.45) is 2.11. The smallest absolute Gasteiger partial charge is 0.335 e. The number of hydroxylamine groups is 1. The average molecular weight is 445 g/mol. The Morgan fingerprint density at radius 3 is 2.47 bits per heavy atom. The SMILES string of the molecule is COCCCOc1c(OC)ccc(C(=O)NOC(=O)C2CCNCC2)c1C(C)C.Cl. The molecule has 0 atom stereocenters. The molecule has 2 N–H and O–H groups in total. The van der Waals surface area contributed by atoms with Crippen molar-refractivity contribution in [3.63, 3.8) is 0 Å². The molecular formula is C21H33ClN2O6. The summed E-state index contributed by atoms with van der Waals surface area (Å²) < 4.78 is 16.4. The van der Waals surface area contributed by atoms with Crippen molar-refractivity contribution >= 4 is 24.3 Å². The summed E-state index contributed by atoms with van der Waals surface area (Å²) in [5.74, 6) is -0.0266. The lowest BCUT2D eigenvalue weighted by atomic mass is 9.95. The van der Waals surface area contributed by atoms with Crippen LogP contribution < -0.4 is 20.3 Å². The molecule has 1 aliphatic heterocycles. The Morgan fingerprint density at radius 1 is 1.17 bits per heavy atom. The van der Waals surface area contributed by atoms with Gasteiger partial charge in [0.25, 0.3) is 5.91 Å². The van der Waals surface area contributed by atoms with Crippen molar-refractivity contribution < 1.29 is 28.6 Å². The van der Waals surface area contributed by atoms with Crippen LogP contribution in [0.15, 0.2) is 12.1 Å². The summed E-state index contributed by atoms with van der Waals surface area (Å²) in [6.45, 7) is 6.48. The van der Waals surface area contributed by atoms with Crippen molar-refractivity contribution in [1.82, 2.24) is 10.8 Å². The second kappa shape index (κ2) is 13.3. The first kappa shape index (κ1) is 26.0. The average Bonchev–Trinajstić information content (AvgIpc) is 2.74. The molecule has 0 aromatic heterocycles. The van der Waals surface area contributed by atoms with Crippen LogP contribution in [0, 0.1) is 5.92 Å². The van der Waals surface area contributed by atoms with Gasteiger partial charge in [0.15, 0.2) is 11.5 Å². The Morgan fingerprint density at radius 2 is 1.87 bits per heavy atom. The molecule has 0 spiro atoms. The Balaban J connectivity index is 0.00000450. The number of methoxy groups -OCH3 is 2. The number of carbonyl (C=O) groups excluding carboxylic acids is 2. The first-order valence-electron chi connectivity index (χ1n) is 10.0. The molecule has 0 radical (unpaired) electrons. The molecule has 30 heavy (non-hydrogen) atoms. The van der Waals surface area contributed by atoms with Crippen LogP contribution in [0.2, 0.25) is 0 Å². The van der Waals surface area contributed by atoms with Gasteiger partial charge in [0.1, 0.15) is 0 Å². The monoisotopic (exact) mass is 444 g/mol. The Bertz CT molecular complexity index is 692. The maximum absolute atomic E-state index is 12.8. The van der Waals surface area contributed by atoms with Crippen molar-refractivity contribution in [3.05, 3.63) is 23.3 Å². The van der Waals surface area contributed by atoms with Gasteiger partial charge < -0.3 is 24.4 Å². The van der Waals surface area contributed by atoms with Gasteiger partial charge in [-0.3, -0.25) is 4.79 Å². The van der Waals surface area contributed by atoms with Crippen molar-refractivity contribution in [1.29, 1.82) is 0 Å². The summed E-state index contributed by atoms with van der Waals surface area (Å²) in [5, 5.41) is 3.19. The van der Waals surface area contributed by atoms with E-state index in [9.17, 15) is 9.59 Å². The highest BCUT2D eigenvalue weighted by Crippen LogP contribution is 2.38. The molecule has 1 amide bonds. The van der Waals surface area contributed by atoms with Gasteiger partial charge in [-0.25, -0.2) is 4.79 Å². The third kappa shape index (κ3) is 7.04. The maximum Gasteiger partial charge on any atom is 0.335 e. The third-order valence-corrected chi connectivity index (χ3v) is 4.86. The van der Waals surface area contributed by atoms with Crippen LogP contribution in [-0.2, 0) is 14.4 Å². The number of ether oxygens (including phenoxy) is 3. The highest BCUT2D eigenvalue weighted by molar-refractivity contribution is 5.97. The fourth-order valence-electron chi connectivity index (χ4n) is 3.33. The predicted molar refractivity (Wildman–Crippen MR) is 115 cm³/mol. The van der Waals surface area contributed by atoms with Gasteiger partial charge in [-0.05, 0) is 44.0 Å². The van der Waals surface area contributed by atoms with E-state index in [1.54, 1.807) is 26.4 Å². The highest BCUT2D eigenvalue weighted by Gasteiger charge is 2.26. The van der Waals surface area contributed by atoms with Gasteiger partial charge in [-0.2, -0.15) is 5.48 Å². The molecular weight excluding hydrogens is 412 g/mol. The number of hydrogen-bond acceptors (Lipinski definition) is 7. The largest absolute Gasteiger partial charge is 0.493 e. The minimum absolute atomic E-state index is 0. The van der Waals surface area contributed by atoms with E-state index >= 15 is 0 Å². The summed E-state index contributed by atoms with van der Waals surface area (Å²) in [5.41, 5.74) is 3.40. The number of rotatable bonds is 9. The molecule has 9 heteroatoms. The van der Waals surface area contributed by atoms with Crippen LogP contribution in [0.4, 0.5) is 0 Å². The number of piperidine rings is 1. The summed E-state index contributed by atoms with van der Waals surface area (Å²) in [7, 11) is 3.19. The maximum atomic E-state index is 12.8. The summed E-state index contributed by atoms with van der Waals surface area (Å²) >= 11 is 0. The minimum atomic E-state index is -0.486. The topological polar surface area (TPSA) is 95.1 Å². The lowest BCUT2D eigenvalue weighted by Gasteiger charge is -2.22. The molecule has 8 nitrogen and oxygen atoms in total. The lowest BCUT2D eigenvalue weighted by Crippen LogP contribution is -2.36. The minimum Gasteiger partial charge on any atom is -0.493 e. The number of carbonyl (C=O) groups is 2. The van der Waals surface area contributed by atoms with Crippen molar-refractivity contribution in [2.75, 3.05) is 40.5 Å². The Kier molecular flexibility index (Phi) is 11.5. The predicted octanol–water partition coefficient (Wildman–Crippen LogP) is 2.84. The van der Waals surface area contributed by atoms with E-state index in [4.69, 9.17) is 19.0 Å². The van der Waals surface area contributed by atoms with Crippen LogP contribution in [0.1, 0.15) is 54.9 Å². The number of hydrogen-bond donors (Lipinski definition) is 2. The van der Waals surface area contributed by atoms with E-state index in [2.05, 4.69) is 10.8 Å². The van der Waals surface area contributed by atoms with E-state index in [0.29, 0.717) is 55.1 Å². The zero-order valence-corrected chi connectivity index (χ0v) is 18.9. The standard InChI is InChI=1S/C21H32N2O6.ClH/c1-14(2)18-16(6-7-17(27-4)19(18)28-13-5-12-26-3)20(24)23-29-21(25)15-8-10-22-11-9-15;/h6-7,14-15,22H,5,8-13H2,1-4H3,(H,23,24);1H. The van der Waals surface area contributed by atoms with Crippen LogP contribution in [-0.4, -0.2) is 52.4 Å². The molecule has 0 unspecified atom stereocenters. The second-order valence-electron chi connectivity index (χ2n) is 7.28. The summed E-state index contributed by atoms with van der Waals surface area (Å²) in [4.78, 5) is 30.1. The van der Waals surface area contributed by atoms with Crippen molar-refractivity contribution in [2.45, 2.75) is 39.0 Å². The lowest BCUT2D eigenvalue weighted by molar-refractivity contribution is -0.154. The van der Waals surface area contributed by atoms with Gasteiger partial charge >= 0.3 is 5.97 Å². The highest BCUT2D eigenvalue weighted by atomic mass is 35.5. The number of amides is 1. The van der Waals surface area contributed by atoms with Gasteiger partial charge in [0.05, 0.1) is 19.6 Å². The number of benzene rings is 1. The van der Waals surface area contributed by atoms with E-state index < -0.39 is 11.9 Å². The normalized spacial score (nSPS) is 14.0. The number of halogens is 1. The molecule has 1 aromatic rings. The molecule has 1 aliphatic rings. The van der Waals surface area contributed by atoms with Gasteiger partial charge in [-0.15, -0.1) is 12.4 Å². The van der Waals surface area contributed by atoms with Gasteiger partial charge in [-0.1, -0.05) is 13.8 Å². The fourth-order valence-corrected chi connectivity index (χ4v) is 3.33. The Hall–Kier alpha value is -2.03. The van der Waals surface area contributed by atoms with Crippen LogP contribution in [0.25, 0.3) is 0 Å². The number of nitrogens with one attached hydrogen (secondary N) is 2. The van der Waals surface area contributed by atoms with Crippen molar-refractivity contribution in [3.8, 4) is 11.5 Å². The van der Waals surface area contributed by atoms with Crippen molar-refractivity contribution in [2.24, 2.45) is 5.92 Å². The second-order valence-corrected chi connectivity index (χ2v) is 7.28. The van der Waals surface area contributed by atoms with Crippen LogP contribution >= 0.6 is 12.4 Å². The molecule has 1 heterocycles. The molecule has 2 rings (SSSR count). The van der Waals surface area contributed by atoms with E-state index in [1.807, 2.05) is 13.8 Å². The molecule has 0 bridgehead atoms. The molecule has 1 aromatic carbocycles. The fraction of sp³-hybridized carbons (Fsp3) is 0.619. The van der Waals surface area contributed by atoms with E-state index in [0.717, 1.165) is 13.1 Å². The van der Waals surface area contributed by atoms with Crippen LogP contribution in [0.5, 0.6) is 11.5 Å². The van der Waals surface area contributed by atoms with Gasteiger partial charge in [0.2, 0.25) is 0 Å². The Labute approximate surface area is 184 Å². The van der Waals surface area contributed by atoms with Crippen LogP contribution in [0.3, 0.4) is 0 Å².